The number of carbonyl (C=O) groups is 1. The van der Waals surface area contributed by atoms with Crippen LogP contribution in [0.1, 0.15) is 18.3 Å². The van der Waals surface area contributed by atoms with Crippen molar-refractivity contribution in [1.82, 2.24) is 25.5 Å². The molecule has 3 aromatic rings. The summed E-state index contributed by atoms with van der Waals surface area (Å²) in [5.41, 5.74) is 2.60. The lowest BCUT2D eigenvalue weighted by Gasteiger charge is -2.18. The number of carbonyl (C=O) groups excluding carboxylic acids is 1. The molecule has 0 saturated carbocycles. The van der Waals surface area contributed by atoms with E-state index in [1.165, 1.54) is 0 Å². The Balaban J connectivity index is 0.00000363. The Kier molecular flexibility index (Phi) is 10.6. The minimum absolute atomic E-state index is 0. The Hall–Kier alpha value is -2.95. The SMILES string of the molecule is CCNC(=NCc1coc(-c2ccccc2)n1)NCC(=O)N(C)CCc1ccccn1.I. The van der Waals surface area contributed by atoms with Crippen LogP contribution in [0.5, 0.6) is 0 Å². The molecule has 0 spiro atoms. The molecule has 1 amide bonds. The molecule has 0 atom stereocenters. The Morgan fingerprint density at radius 2 is 1.88 bits per heavy atom. The molecule has 8 nitrogen and oxygen atoms in total. The molecule has 0 aliphatic carbocycles. The third kappa shape index (κ3) is 7.95. The van der Waals surface area contributed by atoms with Crippen molar-refractivity contribution in [2.45, 2.75) is 19.9 Å². The fourth-order valence-corrected chi connectivity index (χ4v) is 2.84. The predicted molar refractivity (Wildman–Crippen MR) is 136 cm³/mol. The van der Waals surface area contributed by atoms with Crippen molar-refractivity contribution in [3.63, 3.8) is 0 Å². The van der Waals surface area contributed by atoms with Crippen molar-refractivity contribution in [3.8, 4) is 11.5 Å². The van der Waals surface area contributed by atoms with Gasteiger partial charge in [-0.15, -0.1) is 24.0 Å². The van der Waals surface area contributed by atoms with Gasteiger partial charge in [0.2, 0.25) is 11.8 Å². The Morgan fingerprint density at radius 1 is 1.09 bits per heavy atom. The number of benzene rings is 1. The first-order chi connectivity index (χ1) is 15.2. The second kappa shape index (κ2) is 13.5. The molecule has 2 heterocycles. The van der Waals surface area contributed by atoms with Crippen LogP contribution in [-0.4, -0.2) is 53.4 Å². The number of amides is 1. The van der Waals surface area contributed by atoms with Crippen LogP contribution in [0.25, 0.3) is 11.5 Å². The van der Waals surface area contributed by atoms with E-state index in [2.05, 4.69) is 25.6 Å². The first-order valence-electron chi connectivity index (χ1n) is 10.3. The molecule has 0 saturated heterocycles. The molecule has 9 heteroatoms. The van der Waals surface area contributed by atoms with Crippen molar-refractivity contribution in [3.05, 3.63) is 72.4 Å². The predicted octanol–water partition coefficient (Wildman–Crippen LogP) is 3.11. The Bertz CT molecular complexity index is 978. The summed E-state index contributed by atoms with van der Waals surface area (Å²) in [5, 5.41) is 6.23. The quantitative estimate of drug-likeness (QED) is 0.243. The fourth-order valence-electron chi connectivity index (χ4n) is 2.84. The van der Waals surface area contributed by atoms with Gasteiger partial charge in [-0.05, 0) is 31.2 Å². The van der Waals surface area contributed by atoms with Gasteiger partial charge < -0.3 is 20.0 Å². The topological polar surface area (TPSA) is 95.7 Å². The number of nitrogens with zero attached hydrogens (tertiary/aromatic N) is 4. The molecule has 2 aromatic heterocycles. The number of aliphatic imine (C=N–C) groups is 1. The lowest BCUT2D eigenvalue weighted by atomic mass is 10.2. The molecule has 170 valence electrons. The molecule has 2 N–H and O–H groups in total. The minimum Gasteiger partial charge on any atom is -0.444 e. The van der Waals surface area contributed by atoms with Crippen molar-refractivity contribution in [2.24, 2.45) is 4.99 Å². The van der Waals surface area contributed by atoms with Gasteiger partial charge in [0.25, 0.3) is 0 Å². The van der Waals surface area contributed by atoms with Gasteiger partial charge in [0.1, 0.15) is 12.0 Å². The van der Waals surface area contributed by atoms with Crippen molar-refractivity contribution in [1.29, 1.82) is 0 Å². The van der Waals surface area contributed by atoms with Gasteiger partial charge >= 0.3 is 0 Å². The third-order valence-corrected chi connectivity index (χ3v) is 4.58. The van der Waals surface area contributed by atoms with Crippen LogP contribution < -0.4 is 10.6 Å². The smallest absolute Gasteiger partial charge is 0.241 e. The highest BCUT2D eigenvalue weighted by atomic mass is 127. The van der Waals surface area contributed by atoms with Crippen LogP contribution in [0.4, 0.5) is 0 Å². The Morgan fingerprint density at radius 3 is 2.59 bits per heavy atom. The van der Waals surface area contributed by atoms with Crippen LogP contribution in [0.3, 0.4) is 0 Å². The molecular formula is C23H29IN6O2. The lowest BCUT2D eigenvalue weighted by molar-refractivity contribution is -0.128. The summed E-state index contributed by atoms with van der Waals surface area (Å²) in [6.07, 6.45) is 4.08. The highest BCUT2D eigenvalue weighted by molar-refractivity contribution is 14.0. The summed E-state index contributed by atoms with van der Waals surface area (Å²) >= 11 is 0. The number of rotatable bonds is 9. The van der Waals surface area contributed by atoms with Crippen LogP contribution in [0, 0.1) is 0 Å². The van der Waals surface area contributed by atoms with Gasteiger partial charge in [-0.3, -0.25) is 9.78 Å². The molecule has 0 radical (unpaired) electrons. The summed E-state index contributed by atoms with van der Waals surface area (Å²) in [7, 11) is 1.79. The number of halogens is 1. The standard InChI is InChI=1S/C23H28N6O2.HI/c1-3-24-23(26-15-20-17-31-22(28-20)18-9-5-4-6-10-18)27-16-21(30)29(2)14-12-19-11-7-8-13-25-19;/h4-11,13,17H,3,12,14-16H2,1-2H3,(H2,24,26,27);1H. The second-order valence-corrected chi connectivity index (χ2v) is 6.95. The van der Waals surface area contributed by atoms with Crippen LogP contribution in [0.2, 0.25) is 0 Å². The van der Waals surface area contributed by atoms with Gasteiger partial charge in [-0.2, -0.15) is 0 Å². The van der Waals surface area contributed by atoms with E-state index in [0.717, 1.165) is 17.0 Å². The number of hydrogen-bond acceptors (Lipinski definition) is 5. The molecular weight excluding hydrogens is 519 g/mol. The highest BCUT2D eigenvalue weighted by Gasteiger charge is 2.11. The van der Waals surface area contributed by atoms with Gasteiger partial charge in [-0.1, -0.05) is 24.3 Å². The zero-order valence-electron chi connectivity index (χ0n) is 18.3. The van der Waals surface area contributed by atoms with Crippen molar-refractivity contribution in [2.75, 3.05) is 26.7 Å². The fraction of sp³-hybridized carbons (Fsp3) is 0.304. The van der Waals surface area contributed by atoms with E-state index in [1.807, 2.05) is 55.5 Å². The number of likely N-dealkylation sites (N-methyl/N-ethyl adjacent to an activating group) is 1. The Labute approximate surface area is 205 Å². The van der Waals surface area contributed by atoms with Crippen LogP contribution in [-0.2, 0) is 17.8 Å². The molecule has 1 aromatic carbocycles. The van der Waals surface area contributed by atoms with Crippen LogP contribution >= 0.6 is 24.0 Å². The molecule has 0 bridgehead atoms. The molecule has 0 aliphatic rings. The number of nitrogens with one attached hydrogen (secondary N) is 2. The maximum atomic E-state index is 12.4. The van der Waals surface area contributed by atoms with Crippen molar-refractivity contribution >= 4 is 35.8 Å². The van der Waals surface area contributed by atoms with E-state index >= 15 is 0 Å². The summed E-state index contributed by atoms with van der Waals surface area (Å²) in [6.45, 7) is 3.76. The zero-order valence-corrected chi connectivity index (χ0v) is 20.7. The van der Waals surface area contributed by atoms with E-state index in [9.17, 15) is 4.79 Å². The number of hydrogen-bond donors (Lipinski definition) is 2. The van der Waals surface area contributed by atoms with Crippen LogP contribution in [0.15, 0.2) is 70.4 Å². The van der Waals surface area contributed by atoms with Gasteiger partial charge in [0.15, 0.2) is 5.96 Å². The number of guanidine groups is 1. The lowest BCUT2D eigenvalue weighted by Crippen LogP contribution is -2.44. The zero-order chi connectivity index (χ0) is 21.9. The van der Waals surface area contributed by atoms with E-state index in [4.69, 9.17) is 4.42 Å². The van der Waals surface area contributed by atoms with Gasteiger partial charge in [-0.25, -0.2) is 9.98 Å². The number of aromatic nitrogens is 2. The summed E-state index contributed by atoms with van der Waals surface area (Å²) < 4.78 is 5.55. The maximum Gasteiger partial charge on any atom is 0.241 e. The number of pyridine rings is 1. The van der Waals surface area contributed by atoms with E-state index < -0.39 is 0 Å². The molecule has 0 fully saturated rings. The number of oxazole rings is 1. The highest BCUT2D eigenvalue weighted by Crippen LogP contribution is 2.18. The molecule has 3 rings (SSSR count). The van der Waals surface area contributed by atoms with E-state index in [-0.39, 0.29) is 36.4 Å². The summed E-state index contributed by atoms with van der Waals surface area (Å²) in [6, 6.07) is 15.5. The first kappa shape index (κ1) is 25.3. The average Bonchev–Trinajstić information content (AvgIpc) is 3.29. The maximum absolute atomic E-state index is 12.4. The monoisotopic (exact) mass is 548 g/mol. The van der Waals surface area contributed by atoms with Crippen molar-refractivity contribution < 1.29 is 9.21 Å². The summed E-state index contributed by atoms with van der Waals surface area (Å²) in [4.78, 5) is 27.4. The second-order valence-electron chi connectivity index (χ2n) is 6.95. The minimum atomic E-state index is -0.0191. The largest absolute Gasteiger partial charge is 0.444 e. The molecule has 32 heavy (non-hydrogen) atoms. The van der Waals surface area contributed by atoms with E-state index in [1.54, 1.807) is 24.4 Å². The first-order valence-corrected chi connectivity index (χ1v) is 10.3. The third-order valence-electron chi connectivity index (χ3n) is 4.58. The van der Waals surface area contributed by atoms with E-state index in [0.29, 0.717) is 37.9 Å². The average molecular weight is 548 g/mol. The molecule has 0 unspecified atom stereocenters. The van der Waals surface area contributed by atoms with Gasteiger partial charge in [0, 0.05) is 44.0 Å². The normalized spacial score (nSPS) is 10.9. The summed E-state index contributed by atoms with van der Waals surface area (Å²) in [5.74, 6) is 1.10. The molecule has 0 aliphatic heterocycles. The van der Waals surface area contributed by atoms with Gasteiger partial charge in [0.05, 0.1) is 13.1 Å².